The Morgan fingerprint density at radius 3 is 3.19 bits per heavy atom. The van der Waals surface area contributed by atoms with Gasteiger partial charge in [0, 0.05) is 31.2 Å². The maximum absolute atomic E-state index is 6.15. The highest BCUT2D eigenvalue weighted by atomic mass is 16.5. The van der Waals surface area contributed by atoms with E-state index in [0.29, 0.717) is 6.61 Å². The Morgan fingerprint density at radius 1 is 1.50 bits per heavy atom. The summed E-state index contributed by atoms with van der Waals surface area (Å²) < 4.78 is 11.0. The van der Waals surface area contributed by atoms with Crippen LogP contribution in [-0.2, 0) is 11.2 Å². The molecule has 1 aliphatic heterocycles. The molecule has 0 amide bonds. The van der Waals surface area contributed by atoms with E-state index in [1.165, 1.54) is 5.56 Å². The third kappa shape index (κ3) is 2.36. The first-order chi connectivity index (χ1) is 7.83. The second kappa shape index (κ2) is 5.32. The van der Waals surface area contributed by atoms with E-state index in [1.54, 1.807) is 0 Å². The van der Waals surface area contributed by atoms with Gasteiger partial charge in [0.15, 0.2) is 0 Å². The second-order valence-corrected chi connectivity index (χ2v) is 4.03. The Bertz CT molecular complexity index is 352. The summed E-state index contributed by atoms with van der Waals surface area (Å²) in [4.78, 5) is 0. The van der Waals surface area contributed by atoms with Gasteiger partial charge >= 0.3 is 0 Å². The predicted octanol–water partition coefficient (Wildman–Crippen LogP) is 2.05. The van der Waals surface area contributed by atoms with Gasteiger partial charge in [0.2, 0.25) is 0 Å². The van der Waals surface area contributed by atoms with Crippen molar-refractivity contribution in [3.8, 4) is 5.75 Å². The molecule has 2 N–H and O–H groups in total. The van der Waals surface area contributed by atoms with Gasteiger partial charge in [-0.15, -0.1) is 0 Å². The molecule has 1 unspecified atom stereocenters. The zero-order valence-corrected chi connectivity index (χ0v) is 9.74. The maximum atomic E-state index is 6.15. The molecule has 0 bridgehead atoms. The molecule has 0 spiro atoms. The number of fused-ring (bicyclic) bond motifs is 1. The summed E-state index contributed by atoms with van der Waals surface area (Å²) in [6.07, 6.45) is 1.84. The van der Waals surface area contributed by atoms with Crippen molar-refractivity contribution >= 4 is 0 Å². The monoisotopic (exact) mass is 221 g/mol. The van der Waals surface area contributed by atoms with Gasteiger partial charge in [-0.3, -0.25) is 0 Å². The lowest BCUT2D eigenvalue weighted by Crippen LogP contribution is -2.14. The minimum atomic E-state index is 0.0135. The summed E-state index contributed by atoms with van der Waals surface area (Å²) in [7, 11) is 0. The van der Waals surface area contributed by atoms with E-state index in [4.69, 9.17) is 15.2 Å². The van der Waals surface area contributed by atoms with Gasteiger partial charge in [-0.25, -0.2) is 0 Å². The Balaban J connectivity index is 2.05. The van der Waals surface area contributed by atoms with Crippen molar-refractivity contribution in [3.05, 3.63) is 29.3 Å². The molecule has 0 saturated carbocycles. The van der Waals surface area contributed by atoms with Gasteiger partial charge in [0.1, 0.15) is 5.75 Å². The lowest BCUT2D eigenvalue weighted by molar-refractivity contribution is 0.139. The van der Waals surface area contributed by atoms with Crippen molar-refractivity contribution in [3.63, 3.8) is 0 Å². The summed E-state index contributed by atoms with van der Waals surface area (Å²) in [6, 6.07) is 6.24. The average Bonchev–Trinajstić information content (AvgIpc) is 2.76. The van der Waals surface area contributed by atoms with E-state index in [1.807, 2.05) is 6.92 Å². The molecule has 1 atom stereocenters. The van der Waals surface area contributed by atoms with Crippen molar-refractivity contribution in [1.29, 1.82) is 0 Å². The lowest BCUT2D eigenvalue weighted by atomic mass is 10.0. The highest BCUT2D eigenvalue weighted by Crippen LogP contribution is 2.33. The number of hydrogen-bond acceptors (Lipinski definition) is 3. The van der Waals surface area contributed by atoms with Crippen molar-refractivity contribution in [1.82, 2.24) is 0 Å². The molecule has 88 valence electrons. The van der Waals surface area contributed by atoms with Crippen LogP contribution in [0.25, 0.3) is 0 Å². The number of ether oxygens (including phenoxy) is 2. The van der Waals surface area contributed by atoms with Gasteiger partial charge in [0.25, 0.3) is 0 Å². The molecular weight excluding hydrogens is 202 g/mol. The van der Waals surface area contributed by atoms with Crippen LogP contribution in [0.2, 0.25) is 0 Å². The molecule has 2 rings (SSSR count). The largest absolute Gasteiger partial charge is 0.493 e. The smallest absolute Gasteiger partial charge is 0.127 e. The Hall–Kier alpha value is -1.06. The van der Waals surface area contributed by atoms with Crippen LogP contribution in [0.1, 0.15) is 30.5 Å². The zero-order chi connectivity index (χ0) is 11.4. The first-order valence-electron chi connectivity index (χ1n) is 5.91. The normalized spacial score (nSPS) is 15.6. The van der Waals surface area contributed by atoms with Crippen molar-refractivity contribution in [2.24, 2.45) is 5.73 Å². The van der Waals surface area contributed by atoms with E-state index in [0.717, 1.165) is 37.4 Å². The molecule has 1 heterocycles. The highest BCUT2D eigenvalue weighted by Gasteiger charge is 2.19. The van der Waals surface area contributed by atoms with E-state index < -0.39 is 0 Å². The van der Waals surface area contributed by atoms with Crippen LogP contribution in [0.4, 0.5) is 0 Å². The number of para-hydroxylation sites is 1. The molecule has 16 heavy (non-hydrogen) atoms. The lowest BCUT2D eigenvalue weighted by Gasteiger charge is -2.15. The van der Waals surface area contributed by atoms with Gasteiger partial charge in [-0.1, -0.05) is 18.2 Å². The van der Waals surface area contributed by atoms with E-state index in [2.05, 4.69) is 18.2 Å². The molecule has 1 aliphatic rings. The van der Waals surface area contributed by atoms with E-state index in [9.17, 15) is 0 Å². The minimum Gasteiger partial charge on any atom is -0.493 e. The molecule has 0 fully saturated rings. The first-order valence-corrected chi connectivity index (χ1v) is 5.91. The molecule has 3 nitrogen and oxygen atoms in total. The molecule has 1 aromatic carbocycles. The number of hydrogen-bond donors (Lipinski definition) is 1. The van der Waals surface area contributed by atoms with Crippen LogP contribution in [0.3, 0.4) is 0 Å². The first kappa shape index (κ1) is 11.4. The third-order valence-corrected chi connectivity index (χ3v) is 2.92. The van der Waals surface area contributed by atoms with Gasteiger partial charge in [0.05, 0.1) is 6.61 Å². The molecule has 1 aromatic rings. The Labute approximate surface area is 96.5 Å². The summed E-state index contributed by atoms with van der Waals surface area (Å²) in [5.41, 5.74) is 8.55. The molecular formula is C13H19NO2. The van der Waals surface area contributed by atoms with Gasteiger partial charge < -0.3 is 15.2 Å². The summed E-state index contributed by atoms with van der Waals surface area (Å²) in [5, 5.41) is 0. The second-order valence-electron chi connectivity index (χ2n) is 4.03. The van der Waals surface area contributed by atoms with E-state index in [-0.39, 0.29) is 6.04 Å². The van der Waals surface area contributed by atoms with Crippen LogP contribution in [-0.4, -0.2) is 19.8 Å². The highest BCUT2D eigenvalue weighted by molar-refractivity contribution is 5.45. The van der Waals surface area contributed by atoms with Crippen LogP contribution in [0.5, 0.6) is 5.75 Å². The topological polar surface area (TPSA) is 44.5 Å². The third-order valence-electron chi connectivity index (χ3n) is 2.92. The molecule has 3 heteroatoms. The van der Waals surface area contributed by atoms with Crippen molar-refractivity contribution in [2.75, 3.05) is 19.8 Å². The Morgan fingerprint density at radius 2 is 2.38 bits per heavy atom. The van der Waals surface area contributed by atoms with Gasteiger partial charge in [-0.2, -0.15) is 0 Å². The number of rotatable bonds is 5. The fourth-order valence-corrected chi connectivity index (χ4v) is 2.04. The van der Waals surface area contributed by atoms with Crippen LogP contribution in [0.15, 0.2) is 18.2 Å². The van der Waals surface area contributed by atoms with Gasteiger partial charge in [-0.05, 0) is 18.9 Å². The van der Waals surface area contributed by atoms with Crippen molar-refractivity contribution in [2.45, 2.75) is 25.8 Å². The Kier molecular flexibility index (Phi) is 3.80. The number of nitrogens with two attached hydrogens (primary N) is 1. The number of benzene rings is 1. The standard InChI is InChI=1S/C13H19NO2/c1-2-15-8-7-12(14)11-5-3-4-10-6-9-16-13(10)11/h3-5,12H,2,6-9,14H2,1H3. The minimum absolute atomic E-state index is 0.0135. The van der Waals surface area contributed by atoms with Crippen LogP contribution >= 0.6 is 0 Å². The van der Waals surface area contributed by atoms with Crippen LogP contribution < -0.4 is 10.5 Å². The SMILES string of the molecule is CCOCCC(N)c1cccc2c1OCC2. The quantitative estimate of drug-likeness (QED) is 0.774. The van der Waals surface area contributed by atoms with Crippen LogP contribution in [0, 0.1) is 0 Å². The molecule has 0 radical (unpaired) electrons. The zero-order valence-electron chi connectivity index (χ0n) is 9.74. The summed E-state index contributed by atoms with van der Waals surface area (Å²) in [6.45, 7) is 4.23. The maximum Gasteiger partial charge on any atom is 0.127 e. The fourth-order valence-electron chi connectivity index (χ4n) is 2.04. The fraction of sp³-hybridized carbons (Fsp3) is 0.538. The summed E-state index contributed by atoms with van der Waals surface area (Å²) >= 11 is 0. The predicted molar refractivity (Wildman–Crippen MR) is 63.7 cm³/mol. The van der Waals surface area contributed by atoms with Crippen molar-refractivity contribution < 1.29 is 9.47 Å². The molecule has 0 saturated heterocycles. The summed E-state index contributed by atoms with van der Waals surface area (Å²) in [5.74, 6) is 1.01. The average molecular weight is 221 g/mol. The molecule has 0 aromatic heterocycles. The van der Waals surface area contributed by atoms with E-state index >= 15 is 0 Å². The molecule has 0 aliphatic carbocycles.